The number of pyridine rings is 1. The summed E-state index contributed by atoms with van der Waals surface area (Å²) < 4.78 is 0. The van der Waals surface area contributed by atoms with Gasteiger partial charge in [0.15, 0.2) is 5.69 Å². The van der Waals surface area contributed by atoms with E-state index in [0.717, 1.165) is 19.3 Å². The van der Waals surface area contributed by atoms with E-state index in [2.05, 4.69) is 11.9 Å². The highest BCUT2D eigenvalue weighted by Gasteiger charge is 2.35. The molecule has 0 saturated carbocycles. The second-order valence-corrected chi connectivity index (χ2v) is 4.57. The van der Waals surface area contributed by atoms with E-state index in [0.29, 0.717) is 0 Å². The van der Waals surface area contributed by atoms with Crippen LogP contribution in [0.5, 0.6) is 5.75 Å². The molecule has 4 nitrogen and oxygen atoms in total. The van der Waals surface area contributed by atoms with Crippen LogP contribution in [-0.4, -0.2) is 33.0 Å². The van der Waals surface area contributed by atoms with Crippen LogP contribution in [0.4, 0.5) is 0 Å². The molecule has 2 unspecified atom stereocenters. The van der Waals surface area contributed by atoms with E-state index in [1.165, 1.54) is 12.3 Å². The number of carbonyl (C=O) groups is 1. The summed E-state index contributed by atoms with van der Waals surface area (Å²) >= 11 is 0. The summed E-state index contributed by atoms with van der Waals surface area (Å²) in [6.07, 6.45) is 4.55. The maximum atomic E-state index is 12.4. The lowest BCUT2D eigenvalue weighted by Crippen LogP contribution is -2.40. The van der Waals surface area contributed by atoms with Crippen LogP contribution in [0.3, 0.4) is 0 Å². The van der Waals surface area contributed by atoms with Gasteiger partial charge in [-0.3, -0.25) is 4.79 Å². The highest BCUT2D eigenvalue weighted by Crippen LogP contribution is 2.29. The van der Waals surface area contributed by atoms with Gasteiger partial charge in [0.25, 0.3) is 5.91 Å². The first-order valence-electron chi connectivity index (χ1n) is 6.11. The summed E-state index contributed by atoms with van der Waals surface area (Å²) in [5.41, 5.74) is 0.166. The molecule has 1 fully saturated rings. The maximum absolute atomic E-state index is 12.4. The zero-order valence-corrected chi connectivity index (χ0v) is 10.3. The molecule has 17 heavy (non-hydrogen) atoms. The topological polar surface area (TPSA) is 53.4 Å². The van der Waals surface area contributed by atoms with Crippen molar-refractivity contribution < 1.29 is 9.90 Å². The number of likely N-dealkylation sites (tertiary alicyclic amines) is 1. The van der Waals surface area contributed by atoms with E-state index in [1.54, 1.807) is 6.07 Å². The minimum Gasteiger partial charge on any atom is -0.505 e. The maximum Gasteiger partial charge on any atom is 0.276 e. The average molecular weight is 234 g/mol. The molecule has 0 aromatic carbocycles. The van der Waals surface area contributed by atoms with Gasteiger partial charge in [0.2, 0.25) is 0 Å². The molecule has 0 radical (unpaired) electrons. The monoisotopic (exact) mass is 234 g/mol. The smallest absolute Gasteiger partial charge is 0.276 e. The molecule has 1 aliphatic rings. The van der Waals surface area contributed by atoms with Crippen LogP contribution in [0.1, 0.15) is 43.6 Å². The number of amides is 1. The average Bonchev–Trinajstić information content (AvgIpc) is 2.70. The number of hydrogen-bond acceptors (Lipinski definition) is 3. The first-order valence-corrected chi connectivity index (χ1v) is 6.11. The first-order chi connectivity index (χ1) is 8.15. The summed E-state index contributed by atoms with van der Waals surface area (Å²) in [5.74, 6) is -0.189. The Hall–Kier alpha value is -1.58. The van der Waals surface area contributed by atoms with Gasteiger partial charge in [0.1, 0.15) is 5.75 Å². The highest BCUT2D eigenvalue weighted by molar-refractivity contribution is 5.95. The number of rotatable bonds is 2. The molecule has 2 atom stereocenters. The lowest BCUT2D eigenvalue weighted by atomic mass is 10.1. The van der Waals surface area contributed by atoms with Crippen molar-refractivity contribution in [2.75, 3.05) is 0 Å². The Morgan fingerprint density at radius 3 is 3.00 bits per heavy atom. The standard InChI is InChI=1S/C13H18N2O2/c1-3-10-7-6-9(2)15(10)13(17)12-11(16)5-4-8-14-12/h4-5,8-10,16H,3,6-7H2,1-2H3. The van der Waals surface area contributed by atoms with E-state index in [9.17, 15) is 9.90 Å². The number of nitrogens with zero attached hydrogens (tertiary/aromatic N) is 2. The van der Waals surface area contributed by atoms with Crippen LogP contribution in [0, 0.1) is 0 Å². The van der Waals surface area contributed by atoms with Crippen LogP contribution in [-0.2, 0) is 0 Å². The summed E-state index contributed by atoms with van der Waals surface area (Å²) in [4.78, 5) is 18.2. The SMILES string of the molecule is CCC1CCC(C)N1C(=O)c1ncccc1O. The molecule has 2 rings (SSSR count). The van der Waals surface area contributed by atoms with E-state index in [1.807, 2.05) is 11.8 Å². The lowest BCUT2D eigenvalue weighted by molar-refractivity contribution is 0.0667. The Morgan fingerprint density at radius 1 is 1.59 bits per heavy atom. The fraction of sp³-hybridized carbons (Fsp3) is 0.538. The molecular weight excluding hydrogens is 216 g/mol. The zero-order chi connectivity index (χ0) is 12.4. The molecule has 0 aliphatic carbocycles. The molecular formula is C13H18N2O2. The lowest BCUT2D eigenvalue weighted by Gasteiger charge is -2.27. The van der Waals surface area contributed by atoms with Gasteiger partial charge < -0.3 is 10.0 Å². The van der Waals surface area contributed by atoms with Crippen molar-refractivity contribution >= 4 is 5.91 Å². The number of aromatic nitrogens is 1. The van der Waals surface area contributed by atoms with Gasteiger partial charge >= 0.3 is 0 Å². The predicted octanol–water partition coefficient (Wildman–Crippen LogP) is 2.19. The first kappa shape index (κ1) is 11.9. The fourth-order valence-electron chi connectivity index (χ4n) is 2.52. The van der Waals surface area contributed by atoms with Gasteiger partial charge in [-0.25, -0.2) is 4.98 Å². The second-order valence-electron chi connectivity index (χ2n) is 4.57. The number of hydrogen-bond donors (Lipinski definition) is 1. The van der Waals surface area contributed by atoms with Crippen LogP contribution in [0.2, 0.25) is 0 Å². The quantitative estimate of drug-likeness (QED) is 0.853. The fourth-order valence-corrected chi connectivity index (χ4v) is 2.52. The number of carbonyl (C=O) groups excluding carboxylic acids is 1. The molecule has 0 spiro atoms. The molecule has 4 heteroatoms. The molecule has 1 saturated heterocycles. The van der Waals surface area contributed by atoms with E-state index < -0.39 is 0 Å². The molecule has 1 aromatic heterocycles. The van der Waals surface area contributed by atoms with Crippen LogP contribution in [0.15, 0.2) is 18.3 Å². The normalized spacial score (nSPS) is 24.0. The van der Waals surface area contributed by atoms with Crippen molar-refractivity contribution in [1.29, 1.82) is 0 Å². The third-order valence-electron chi connectivity index (χ3n) is 3.48. The van der Waals surface area contributed by atoms with Crippen molar-refractivity contribution in [2.45, 2.75) is 45.2 Å². The van der Waals surface area contributed by atoms with Crippen molar-refractivity contribution in [3.05, 3.63) is 24.0 Å². The Kier molecular flexibility index (Phi) is 3.31. The van der Waals surface area contributed by atoms with Crippen molar-refractivity contribution in [2.24, 2.45) is 0 Å². The van der Waals surface area contributed by atoms with Crippen LogP contribution >= 0.6 is 0 Å². The Morgan fingerprint density at radius 2 is 2.35 bits per heavy atom. The molecule has 0 bridgehead atoms. The third kappa shape index (κ3) is 2.12. The van der Waals surface area contributed by atoms with Gasteiger partial charge in [-0.05, 0) is 38.3 Å². The van der Waals surface area contributed by atoms with E-state index in [-0.39, 0.29) is 29.4 Å². The Balaban J connectivity index is 2.28. The van der Waals surface area contributed by atoms with Gasteiger partial charge in [0, 0.05) is 18.3 Å². The third-order valence-corrected chi connectivity index (χ3v) is 3.48. The van der Waals surface area contributed by atoms with Gasteiger partial charge in [0.05, 0.1) is 0 Å². The van der Waals surface area contributed by atoms with E-state index >= 15 is 0 Å². The van der Waals surface area contributed by atoms with Crippen LogP contribution in [0.25, 0.3) is 0 Å². The van der Waals surface area contributed by atoms with Gasteiger partial charge in [-0.1, -0.05) is 6.92 Å². The summed E-state index contributed by atoms with van der Waals surface area (Å²) in [6.45, 7) is 4.13. The molecule has 1 aromatic rings. The Bertz CT molecular complexity index is 420. The van der Waals surface area contributed by atoms with Crippen molar-refractivity contribution in [1.82, 2.24) is 9.88 Å². The second kappa shape index (κ2) is 4.73. The largest absolute Gasteiger partial charge is 0.505 e. The molecule has 1 amide bonds. The molecule has 92 valence electrons. The number of aromatic hydroxyl groups is 1. The Labute approximate surface area is 101 Å². The summed E-state index contributed by atoms with van der Waals surface area (Å²) in [6, 6.07) is 3.63. The molecule has 2 heterocycles. The minimum absolute atomic E-state index is 0.0357. The molecule has 1 N–H and O–H groups in total. The summed E-state index contributed by atoms with van der Waals surface area (Å²) in [5, 5.41) is 9.68. The van der Waals surface area contributed by atoms with E-state index in [4.69, 9.17) is 0 Å². The van der Waals surface area contributed by atoms with Crippen molar-refractivity contribution in [3.63, 3.8) is 0 Å². The zero-order valence-electron chi connectivity index (χ0n) is 10.3. The summed E-state index contributed by atoms with van der Waals surface area (Å²) in [7, 11) is 0. The van der Waals surface area contributed by atoms with Gasteiger partial charge in [-0.2, -0.15) is 0 Å². The predicted molar refractivity (Wildman–Crippen MR) is 64.8 cm³/mol. The highest BCUT2D eigenvalue weighted by atomic mass is 16.3. The van der Waals surface area contributed by atoms with Crippen molar-refractivity contribution in [3.8, 4) is 5.75 Å². The van der Waals surface area contributed by atoms with Gasteiger partial charge in [-0.15, -0.1) is 0 Å². The minimum atomic E-state index is -0.153. The van der Waals surface area contributed by atoms with Crippen LogP contribution < -0.4 is 0 Å². The molecule has 1 aliphatic heterocycles.